The Bertz CT molecular complexity index is 1710. The van der Waals surface area contributed by atoms with Crippen LogP contribution in [0.4, 0.5) is 5.13 Å². The van der Waals surface area contributed by atoms with Gasteiger partial charge in [0.1, 0.15) is 18.1 Å². The number of rotatable bonds is 6. The Labute approximate surface area is 229 Å². The maximum Gasteiger partial charge on any atom is 0.301 e. The molecule has 39 heavy (non-hydrogen) atoms. The molecule has 7 heteroatoms. The van der Waals surface area contributed by atoms with Crippen molar-refractivity contribution in [3.8, 4) is 5.75 Å². The lowest BCUT2D eigenvalue weighted by Crippen LogP contribution is -2.29. The number of Topliss-reactive ketones (excluding diaryl/α,β-unsaturated/α-hetero) is 1. The lowest BCUT2D eigenvalue weighted by atomic mass is 9.95. The number of nitrogens with zero attached hydrogens (tertiary/aromatic N) is 2. The summed E-state index contributed by atoms with van der Waals surface area (Å²) in [4.78, 5) is 33.0. The van der Waals surface area contributed by atoms with Gasteiger partial charge in [0.2, 0.25) is 0 Å². The van der Waals surface area contributed by atoms with Gasteiger partial charge in [-0.05, 0) is 47.9 Å². The van der Waals surface area contributed by atoms with E-state index >= 15 is 0 Å². The minimum absolute atomic E-state index is 0.0274. The van der Waals surface area contributed by atoms with E-state index in [1.165, 1.54) is 16.2 Å². The molecular weight excluding hydrogens is 508 g/mol. The number of hydrogen-bond donors (Lipinski definition) is 1. The molecule has 1 atom stereocenters. The van der Waals surface area contributed by atoms with Crippen molar-refractivity contribution in [1.29, 1.82) is 0 Å². The number of aliphatic hydroxyl groups is 1. The fourth-order valence-electron chi connectivity index (χ4n) is 4.71. The predicted octanol–water partition coefficient (Wildman–Crippen LogP) is 6.81. The Morgan fingerprint density at radius 1 is 0.923 bits per heavy atom. The molecule has 0 radical (unpaired) electrons. The third kappa shape index (κ3) is 4.69. The number of carbonyl (C=O) groups is 2. The van der Waals surface area contributed by atoms with Crippen LogP contribution in [0.25, 0.3) is 16.0 Å². The highest BCUT2D eigenvalue weighted by Gasteiger charge is 2.48. The second kappa shape index (κ2) is 10.2. The van der Waals surface area contributed by atoms with Gasteiger partial charge in [-0.1, -0.05) is 90.2 Å². The van der Waals surface area contributed by atoms with Crippen molar-refractivity contribution in [2.45, 2.75) is 19.6 Å². The number of ether oxygens (including phenoxy) is 1. The quantitative estimate of drug-likeness (QED) is 0.148. The molecule has 5 aromatic rings. The van der Waals surface area contributed by atoms with Crippen LogP contribution in [0.5, 0.6) is 5.75 Å². The Morgan fingerprint density at radius 2 is 1.62 bits per heavy atom. The Balaban J connectivity index is 1.42. The smallest absolute Gasteiger partial charge is 0.301 e. The van der Waals surface area contributed by atoms with E-state index < -0.39 is 17.7 Å². The largest absolute Gasteiger partial charge is 0.507 e. The highest BCUT2D eigenvalue weighted by Crippen LogP contribution is 2.44. The second-order valence-corrected chi connectivity index (χ2v) is 10.4. The summed E-state index contributed by atoms with van der Waals surface area (Å²) in [5, 5.41) is 11.7. The van der Waals surface area contributed by atoms with E-state index in [-0.39, 0.29) is 11.3 Å². The van der Waals surface area contributed by atoms with E-state index in [0.29, 0.717) is 28.6 Å². The van der Waals surface area contributed by atoms with Gasteiger partial charge in [0, 0.05) is 5.56 Å². The molecular formula is C32H24N2O4S. The first-order valence-corrected chi connectivity index (χ1v) is 13.3. The number of amides is 1. The van der Waals surface area contributed by atoms with Crippen LogP contribution in [0.15, 0.2) is 109 Å². The average molecular weight is 533 g/mol. The number of aryl methyl sites for hydroxylation is 1. The van der Waals surface area contributed by atoms with Gasteiger partial charge in [0.25, 0.3) is 5.78 Å². The Hall–Kier alpha value is -4.75. The van der Waals surface area contributed by atoms with Crippen molar-refractivity contribution in [2.24, 2.45) is 0 Å². The minimum Gasteiger partial charge on any atom is -0.507 e. The summed E-state index contributed by atoms with van der Waals surface area (Å²) >= 11 is 1.34. The van der Waals surface area contributed by atoms with Gasteiger partial charge >= 0.3 is 5.91 Å². The number of hydrogen-bond acceptors (Lipinski definition) is 6. The lowest BCUT2D eigenvalue weighted by molar-refractivity contribution is -0.132. The molecule has 2 heterocycles. The van der Waals surface area contributed by atoms with Crippen LogP contribution >= 0.6 is 11.3 Å². The van der Waals surface area contributed by atoms with E-state index in [4.69, 9.17) is 4.74 Å². The maximum absolute atomic E-state index is 13.5. The lowest BCUT2D eigenvalue weighted by Gasteiger charge is -2.23. The van der Waals surface area contributed by atoms with Gasteiger partial charge in [-0.15, -0.1) is 0 Å². The zero-order valence-corrected chi connectivity index (χ0v) is 21.9. The minimum atomic E-state index is -0.852. The molecule has 1 aliphatic rings. The number of anilines is 1. The van der Waals surface area contributed by atoms with E-state index in [1.807, 2.05) is 85.8 Å². The first kappa shape index (κ1) is 24.6. The predicted molar refractivity (Wildman–Crippen MR) is 153 cm³/mol. The van der Waals surface area contributed by atoms with Crippen LogP contribution in [0.3, 0.4) is 0 Å². The molecule has 0 spiro atoms. The molecule has 0 saturated carbocycles. The van der Waals surface area contributed by atoms with Crippen molar-refractivity contribution in [2.75, 3.05) is 4.90 Å². The van der Waals surface area contributed by atoms with Crippen LogP contribution in [0, 0.1) is 6.92 Å². The summed E-state index contributed by atoms with van der Waals surface area (Å²) in [6.07, 6.45) is 0. The van der Waals surface area contributed by atoms with Gasteiger partial charge in [-0.3, -0.25) is 14.5 Å². The number of carbonyl (C=O) groups excluding carboxylic acids is 2. The third-order valence-electron chi connectivity index (χ3n) is 6.67. The van der Waals surface area contributed by atoms with Crippen LogP contribution < -0.4 is 9.64 Å². The van der Waals surface area contributed by atoms with Crippen LogP contribution in [0.1, 0.15) is 28.3 Å². The molecule has 0 bridgehead atoms. The van der Waals surface area contributed by atoms with Gasteiger partial charge in [0.05, 0.1) is 21.8 Å². The molecule has 0 aliphatic carbocycles. The highest BCUT2D eigenvalue weighted by atomic mass is 32.1. The van der Waals surface area contributed by atoms with E-state index in [9.17, 15) is 14.7 Å². The van der Waals surface area contributed by atoms with Crippen LogP contribution in [0.2, 0.25) is 0 Å². The number of ketones is 1. The normalized spacial score (nSPS) is 16.6. The number of fused-ring (bicyclic) bond motifs is 1. The molecule has 1 fully saturated rings. The highest BCUT2D eigenvalue weighted by molar-refractivity contribution is 7.22. The fourth-order valence-corrected chi connectivity index (χ4v) is 5.80. The summed E-state index contributed by atoms with van der Waals surface area (Å²) in [7, 11) is 0. The first-order chi connectivity index (χ1) is 19.0. The molecule has 1 unspecified atom stereocenters. The molecule has 1 aliphatic heterocycles. The first-order valence-electron chi connectivity index (χ1n) is 12.5. The van der Waals surface area contributed by atoms with Crippen LogP contribution in [-0.2, 0) is 16.2 Å². The standard InChI is InChI=1S/C32H24N2O4S/c1-20-12-17-25-26(18-20)39-32(33-25)34-28(27(30(36)31(34)37)29(35)23-10-6-3-7-11-23)22-13-15-24(16-14-22)38-19-21-8-4-2-5-9-21/h2-18,28,35H,19H2,1H3/b29-27+. The van der Waals surface area contributed by atoms with Gasteiger partial charge in [-0.25, -0.2) is 4.98 Å². The van der Waals surface area contributed by atoms with Gasteiger partial charge in [-0.2, -0.15) is 0 Å². The molecule has 192 valence electrons. The third-order valence-corrected chi connectivity index (χ3v) is 7.69. The van der Waals surface area contributed by atoms with Crippen molar-refractivity contribution >= 4 is 44.1 Å². The second-order valence-electron chi connectivity index (χ2n) is 9.35. The molecule has 6 nitrogen and oxygen atoms in total. The van der Waals surface area contributed by atoms with Crippen molar-refractivity contribution in [3.05, 3.63) is 131 Å². The Kier molecular flexibility index (Phi) is 6.42. The molecule has 1 aromatic heterocycles. The van der Waals surface area contributed by atoms with E-state index in [0.717, 1.165) is 21.3 Å². The molecule has 1 saturated heterocycles. The summed E-state index contributed by atoms with van der Waals surface area (Å²) in [6.45, 7) is 2.41. The Morgan fingerprint density at radius 3 is 2.33 bits per heavy atom. The number of benzene rings is 4. The number of thiazole rings is 1. The zero-order chi connectivity index (χ0) is 26.9. The molecule has 1 N–H and O–H groups in total. The summed E-state index contributed by atoms with van der Waals surface area (Å²) < 4.78 is 6.85. The molecule has 4 aromatic carbocycles. The van der Waals surface area contributed by atoms with Crippen molar-refractivity contribution in [1.82, 2.24) is 4.98 Å². The monoisotopic (exact) mass is 532 g/mol. The summed E-state index contributed by atoms with van der Waals surface area (Å²) in [6, 6.07) is 30.9. The van der Waals surface area contributed by atoms with Gasteiger partial charge < -0.3 is 9.84 Å². The topological polar surface area (TPSA) is 79.7 Å². The van der Waals surface area contributed by atoms with E-state index in [2.05, 4.69) is 4.98 Å². The number of aliphatic hydroxyl groups excluding tert-OH is 1. The zero-order valence-electron chi connectivity index (χ0n) is 21.1. The average Bonchev–Trinajstić information content (AvgIpc) is 3.50. The van der Waals surface area contributed by atoms with Gasteiger partial charge in [0.15, 0.2) is 5.13 Å². The van der Waals surface area contributed by atoms with Crippen LogP contribution in [-0.4, -0.2) is 21.8 Å². The summed E-state index contributed by atoms with van der Waals surface area (Å²) in [5.41, 5.74) is 4.02. The number of aromatic nitrogens is 1. The molecule has 1 amide bonds. The summed E-state index contributed by atoms with van der Waals surface area (Å²) in [5.74, 6) is -1.04. The SMILES string of the molecule is Cc1ccc2nc(N3C(=O)C(=O)/C(=C(/O)c4ccccc4)C3c3ccc(OCc4ccccc4)cc3)sc2c1. The fraction of sp³-hybridized carbons (Fsp3) is 0.0938. The molecule has 6 rings (SSSR count). The van der Waals surface area contributed by atoms with Crippen molar-refractivity contribution < 1.29 is 19.4 Å². The van der Waals surface area contributed by atoms with E-state index in [1.54, 1.807) is 24.3 Å². The maximum atomic E-state index is 13.5. The van der Waals surface area contributed by atoms with Crippen molar-refractivity contribution in [3.63, 3.8) is 0 Å².